The Hall–Kier alpha value is -2.31. The summed E-state index contributed by atoms with van der Waals surface area (Å²) in [6.45, 7) is 5.16. The third-order valence-corrected chi connectivity index (χ3v) is 3.38. The fraction of sp³-hybridized carbons (Fsp3) is 0.278. The number of ether oxygens (including phenoxy) is 1. The fourth-order valence-electron chi connectivity index (χ4n) is 2.15. The van der Waals surface area contributed by atoms with E-state index in [2.05, 4.69) is 43.4 Å². The monoisotopic (exact) mass is 280 g/mol. The average Bonchev–Trinajstić information content (AvgIpc) is 2.51. The molecule has 0 radical (unpaired) electrons. The molecule has 0 aliphatic heterocycles. The molecule has 3 heteroatoms. The lowest BCUT2D eigenvalue weighted by Crippen LogP contribution is -2.18. The minimum absolute atomic E-state index is 0.0853. The van der Waals surface area contributed by atoms with Crippen LogP contribution in [0.3, 0.4) is 0 Å². The van der Waals surface area contributed by atoms with Crippen LogP contribution in [0.5, 0.6) is 5.75 Å². The van der Waals surface area contributed by atoms with E-state index in [1.54, 1.807) is 0 Å². The van der Waals surface area contributed by atoms with Gasteiger partial charge in [-0.3, -0.25) is 0 Å². The first-order valence-corrected chi connectivity index (χ1v) is 7.07. The smallest absolute Gasteiger partial charge is 0.174 e. The van der Waals surface area contributed by atoms with Crippen LogP contribution in [0.4, 0.5) is 0 Å². The van der Waals surface area contributed by atoms with E-state index in [0.717, 1.165) is 12.3 Å². The molecule has 2 aromatic rings. The number of nitrogens with zero attached hydrogens (tertiary/aromatic N) is 1. The second-order valence-electron chi connectivity index (χ2n) is 5.11. The fourth-order valence-corrected chi connectivity index (χ4v) is 2.15. The van der Waals surface area contributed by atoms with Crippen LogP contribution in [0.25, 0.3) is 0 Å². The van der Waals surface area contributed by atoms with Crippen molar-refractivity contribution < 1.29 is 4.74 Å². The van der Waals surface area contributed by atoms with Gasteiger partial charge in [-0.1, -0.05) is 42.0 Å². The summed E-state index contributed by atoms with van der Waals surface area (Å²) < 4.78 is 5.24. The van der Waals surface area contributed by atoms with Gasteiger partial charge in [0.15, 0.2) is 6.61 Å². The summed E-state index contributed by atoms with van der Waals surface area (Å²) in [5.74, 6) is 0.729. The Labute approximate surface area is 126 Å². The molecule has 21 heavy (non-hydrogen) atoms. The van der Waals surface area contributed by atoms with Gasteiger partial charge in [0.1, 0.15) is 11.8 Å². The molecule has 0 heterocycles. The zero-order valence-electron chi connectivity index (χ0n) is 12.5. The van der Waals surface area contributed by atoms with E-state index in [1.165, 1.54) is 16.7 Å². The number of nitrogens with one attached hydrogen (secondary N) is 1. The summed E-state index contributed by atoms with van der Waals surface area (Å²) in [6.07, 6.45) is 0. The van der Waals surface area contributed by atoms with E-state index >= 15 is 0 Å². The van der Waals surface area contributed by atoms with Crippen molar-refractivity contribution >= 4 is 0 Å². The molecule has 0 spiro atoms. The van der Waals surface area contributed by atoms with Crippen molar-refractivity contribution in [3.05, 3.63) is 65.2 Å². The molecule has 0 aliphatic rings. The predicted molar refractivity (Wildman–Crippen MR) is 84.0 cm³/mol. The van der Waals surface area contributed by atoms with Crippen molar-refractivity contribution in [2.45, 2.75) is 26.4 Å². The molecule has 0 saturated carbocycles. The zero-order valence-corrected chi connectivity index (χ0v) is 12.5. The summed E-state index contributed by atoms with van der Waals surface area (Å²) in [5.41, 5.74) is 3.77. The Balaban J connectivity index is 1.89. The van der Waals surface area contributed by atoms with Crippen LogP contribution in [0.2, 0.25) is 0 Å². The molecule has 0 saturated heterocycles. The number of aryl methyl sites for hydroxylation is 1. The Morgan fingerprint density at radius 3 is 2.62 bits per heavy atom. The SMILES string of the molecule is Cc1cccc([C@@H](C)NCc2ccc(OCC#N)cc2)c1. The van der Waals surface area contributed by atoms with Gasteiger partial charge in [-0.15, -0.1) is 0 Å². The lowest BCUT2D eigenvalue weighted by molar-refractivity contribution is 0.368. The first kappa shape index (κ1) is 15.1. The van der Waals surface area contributed by atoms with Crippen LogP contribution >= 0.6 is 0 Å². The number of hydrogen-bond donors (Lipinski definition) is 1. The summed E-state index contributed by atoms with van der Waals surface area (Å²) in [6, 6.07) is 18.6. The van der Waals surface area contributed by atoms with Gasteiger partial charge in [0.2, 0.25) is 0 Å². The molecule has 0 aliphatic carbocycles. The maximum Gasteiger partial charge on any atom is 0.174 e. The van der Waals surface area contributed by atoms with E-state index in [9.17, 15) is 0 Å². The number of hydrogen-bond acceptors (Lipinski definition) is 3. The molecule has 108 valence electrons. The topological polar surface area (TPSA) is 45.0 Å². The second-order valence-corrected chi connectivity index (χ2v) is 5.11. The first-order valence-electron chi connectivity index (χ1n) is 7.07. The molecule has 2 rings (SSSR count). The van der Waals surface area contributed by atoms with Gasteiger partial charge in [0.25, 0.3) is 0 Å². The molecular weight excluding hydrogens is 260 g/mol. The highest BCUT2D eigenvalue weighted by Crippen LogP contribution is 2.16. The summed E-state index contributed by atoms with van der Waals surface area (Å²) >= 11 is 0. The second kappa shape index (κ2) is 7.47. The predicted octanol–water partition coefficient (Wildman–Crippen LogP) is 3.75. The van der Waals surface area contributed by atoms with Gasteiger partial charge < -0.3 is 10.1 Å². The molecule has 0 amide bonds. The summed E-state index contributed by atoms with van der Waals surface area (Å²) in [7, 11) is 0. The minimum atomic E-state index is 0.0853. The Morgan fingerprint density at radius 1 is 1.19 bits per heavy atom. The molecule has 3 nitrogen and oxygen atoms in total. The highest BCUT2D eigenvalue weighted by atomic mass is 16.5. The lowest BCUT2D eigenvalue weighted by Gasteiger charge is -2.15. The van der Waals surface area contributed by atoms with Crippen molar-refractivity contribution in [2.75, 3.05) is 6.61 Å². The molecule has 0 fully saturated rings. The summed E-state index contributed by atoms with van der Waals surface area (Å²) in [4.78, 5) is 0. The maximum absolute atomic E-state index is 8.47. The van der Waals surface area contributed by atoms with Crippen molar-refractivity contribution in [3.63, 3.8) is 0 Å². The lowest BCUT2D eigenvalue weighted by atomic mass is 10.1. The molecule has 2 aromatic carbocycles. The van der Waals surface area contributed by atoms with E-state index in [4.69, 9.17) is 10.00 Å². The van der Waals surface area contributed by atoms with E-state index in [1.807, 2.05) is 30.3 Å². The molecule has 0 aromatic heterocycles. The van der Waals surface area contributed by atoms with E-state index < -0.39 is 0 Å². The van der Waals surface area contributed by atoms with Crippen LogP contribution in [0.15, 0.2) is 48.5 Å². The standard InChI is InChI=1S/C18H20N2O/c1-14-4-3-5-17(12-14)15(2)20-13-16-6-8-18(9-7-16)21-11-10-19/h3-9,12,15,20H,11,13H2,1-2H3/t15-/m1/s1. The van der Waals surface area contributed by atoms with Crippen LogP contribution in [0, 0.1) is 18.3 Å². The van der Waals surface area contributed by atoms with Gasteiger partial charge >= 0.3 is 0 Å². The van der Waals surface area contributed by atoms with Gasteiger partial charge in [0, 0.05) is 12.6 Å². The first-order chi connectivity index (χ1) is 10.2. The third-order valence-electron chi connectivity index (χ3n) is 3.38. The normalized spacial score (nSPS) is 11.7. The van der Waals surface area contributed by atoms with Crippen molar-refractivity contribution in [3.8, 4) is 11.8 Å². The van der Waals surface area contributed by atoms with Gasteiger partial charge in [-0.2, -0.15) is 5.26 Å². The highest BCUT2D eigenvalue weighted by Gasteiger charge is 2.05. The van der Waals surface area contributed by atoms with Crippen molar-refractivity contribution in [1.82, 2.24) is 5.32 Å². The molecule has 1 N–H and O–H groups in total. The highest BCUT2D eigenvalue weighted by molar-refractivity contribution is 5.28. The van der Waals surface area contributed by atoms with Crippen molar-refractivity contribution in [1.29, 1.82) is 5.26 Å². The van der Waals surface area contributed by atoms with Crippen LogP contribution < -0.4 is 10.1 Å². The number of nitriles is 1. The van der Waals surface area contributed by atoms with Gasteiger partial charge in [-0.05, 0) is 37.1 Å². The molecule has 0 bridgehead atoms. The average molecular weight is 280 g/mol. The molecule has 1 atom stereocenters. The summed E-state index contributed by atoms with van der Waals surface area (Å²) in [5, 5.41) is 12.0. The van der Waals surface area contributed by atoms with Gasteiger partial charge in [-0.25, -0.2) is 0 Å². The Bertz CT molecular complexity index is 614. The third kappa shape index (κ3) is 4.62. The zero-order chi connectivity index (χ0) is 15.1. The van der Waals surface area contributed by atoms with Gasteiger partial charge in [0.05, 0.1) is 0 Å². The van der Waals surface area contributed by atoms with E-state index in [-0.39, 0.29) is 6.61 Å². The molecule has 0 unspecified atom stereocenters. The molecular formula is C18H20N2O. The van der Waals surface area contributed by atoms with Crippen LogP contribution in [-0.4, -0.2) is 6.61 Å². The largest absolute Gasteiger partial charge is 0.479 e. The maximum atomic E-state index is 8.47. The van der Waals surface area contributed by atoms with Crippen LogP contribution in [-0.2, 0) is 6.54 Å². The number of benzene rings is 2. The minimum Gasteiger partial charge on any atom is -0.479 e. The Morgan fingerprint density at radius 2 is 1.95 bits per heavy atom. The van der Waals surface area contributed by atoms with E-state index in [0.29, 0.717) is 6.04 Å². The van der Waals surface area contributed by atoms with Crippen molar-refractivity contribution in [2.24, 2.45) is 0 Å². The van der Waals surface area contributed by atoms with Crippen LogP contribution in [0.1, 0.15) is 29.7 Å². The quantitative estimate of drug-likeness (QED) is 0.876. The Kier molecular flexibility index (Phi) is 5.36. The number of rotatable bonds is 6.